The number of anilines is 1. The summed E-state index contributed by atoms with van der Waals surface area (Å²) < 4.78 is 5.69. The van der Waals surface area contributed by atoms with Gasteiger partial charge in [0.15, 0.2) is 0 Å². The van der Waals surface area contributed by atoms with Crippen LogP contribution in [0.5, 0.6) is 11.5 Å². The van der Waals surface area contributed by atoms with Crippen LogP contribution in [-0.2, 0) is 4.79 Å². The van der Waals surface area contributed by atoms with Gasteiger partial charge < -0.3 is 15.4 Å². The van der Waals surface area contributed by atoms with Crippen molar-refractivity contribution in [1.82, 2.24) is 0 Å². The number of amides is 1. The highest BCUT2D eigenvalue weighted by Crippen LogP contribution is 2.24. The molecule has 4 nitrogen and oxygen atoms in total. The molecule has 0 aliphatic heterocycles. The molecule has 1 amide bonds. The standard InChI is InChI=1S/C16H18N2O2.ClH/c1-12(17)16(19)18(2)13-8-10-15(11-9-13)20-14-6-4-3-5-7-14;/h3-12H,17H2,1-2H3;1H/t12-;/m1./s1. The number of likely N-dealkylation sites (N-methyl/N-ethyl adjacent to an activating group) is 1. The van der Waals surface area contributed by atoms with Crippen LogP contribution >= 0.6 is 12.4 Å². The van der Waals surface area contributed by atoms with E-state index in [-0.39, 0.29) is 18.3 Å². The van der Waals surface area contributed by atoms with Crippen molar-refractivity contribution in [2.24, 2.45) is 5.73 Å². The number of para-hydroxylation sites is 1. The molecule has 0 bridgehead atoms. The first-order valence-electron chi connectivity index (χ1n) is 6.44. The largest absolute Gasteiger partial charge is 0.457 e. The van der Waals surface area contributed by atoms with Crippen molar-refractivity contribution in [3.63, 3.8) is 0 Å². The average molecular weight is 307 g/mol. The highest BCUT2D eigenvalue weighted by Gasteiger charge is 2.14. The zero-order valence-electron chi connectivity index (χ0n) is 12.0. The Labute approximate surface area is 130 Å². The van der Waals surface area contributed by atoms with Gasteiger partial charge in [0.25, 0.3) is 0 Å². The first-order chi connectivity index (χ1) is 9.58. The molecule has 1 atom stereocenters. The van der Waals surface area contributed by atoms with Gasteiger partial charge in [-0.05, 0) is 43.3 Å². The molecule has 2 N–H and O–H groups in total. The molecule has 0 heterocycles. The van der Waals surface area contributed by atoms with Gasteiger partial charge in [0, 0.05) is 12.7 Å². The third-order valence-corrected chi connectivity index (χ3v) is 2.92. The Morgan fingerprint density at radius 2 is 1.57 bits per heavy atom. The summed E-state index contributed by atoms with van der Waals surface area (Å²) in [4.78, 5) is 13.3. The van der Waals surface area contributed by atoms with Crippen molar-refractivity contribution in [1.29, 1.82) is 0 Å². The molecule has 0 unspecified atom stereocenters. The third kappa shape index (κ3) is 4.48. The second-order valence-electron chi connectivity index (χ2n) is 4.59. The predicted octanol–water partition coefficient (Wildman–Crippen LogP) is 3.21. The van der Waals surface area contributed by atoms with Gasteiger partial charge in [-0.3, -0.25) is 4.79 Å². The Balaban J connectivity index is 0.00000220. The lowest BCUT2D eigenvalue weighted by Gasteiger charge is -2.19. The normalized spacial score (nSPS) is 11.2. The summed E-state index contributed by atoms with van der Waals surface area (Å²) in [6.45, 7) is 1.67. The van der Waals surface area contributed by atoms with E-state index in [1.54, 1.807) is 14.0 Å². The van der Waals surface area contributed by atoms with E-state index in [1.807, 2.05) is 54.6 Å². The Hall–Kier alpha value is -2.04. The summed E-state index contributed by atoms with van der Waals surface area (Å²) in [6, 6.07) is 16.3. The van der Waals surface area contributed by atoms with E-state index >= 15 is 0 Å². The molecule has 0 aliphatic rings. The molecule has 0 saturated heterocycles. The molecule has 0 fully saturated rings. The lowest BCUT2D eigenvalue weighted by atomic mass is 10.2. The minimum Gasteiger partial charge on any atom is -0.457 e. The lowest BCUT2D eigenvalue weighted by Crippen LogP contribution is -2.39. The predicted molar refractivity (Wildman–Crippen MR) is 87.3 cm³/mol. The maximum Gasteiger partial charge on any atom is 0.243 e. The number of carbonyl (C=O) groups excluding carboxylic acids is 1. The Morgan fingerprint density at radius 1 is 1.05 bits per heavy atom. The maximum atomic E-state index is 11.8. The maximum absolute atomic E-state index is 11.8. The highest BCUT2D eigenvalue weighted by atomic mass is 35.5. The number of nitrogens with zero attached hydrogens (tertiary/aromatic N) is 1. The van der Waals surface area contributed by atoms with E-state index in [2.05, 4.69) is 0 Å². The topological polar surface area (TPSA) is 55.6 Å². The molecule has 0 aromatic heterocycles. The summed E-state index contributed by atoms with van der Waals surface area (Å²) >= 11 is 0. The van der Waals surface area contributed by atoms with Gasteiger partial charge in [-0.25, -0.2) is 0 Å². The fraction of sp³-hybridized carbons (Fsp3) is 0.188. The molecule has 0 saturated carbocycles. The van der Waals surface area contributed by atoms with Crippen LogP contribution in [0.15, 0.2) is 54.6 Å². The van der Waals surface area contributed by atoms with Crippen molar-refractivity contribution in [2.45, 2.75) is 13.0 Å². The molecule has 0 spiro atoms. The third-order valence-electron chi connectivity index (χ3n) is 2.92. The van der Waals surface area contributed by atoms with E-state index in [4.69, 9.17) is 10.5 Å². The molecular weight excluding hydrogens is 288 g/mol. The van der Waals surface area contributed by atoms with Crippen LogP contribution in [0.3, 0.4) is 0 Å². The summed E-state index contributed by atoms with van der Waals surface area (Å²) in [5, 5.41) is 0. The Morgan fingerprint density at radius 3 is 2.10 bits per heavy atom. The van der Waals surface area contributed by atoms with Crippen LogP contribution in [-0.4, -0.2) is 19.0 Å². The van der Waals surface area contributed by atoms with Gasteiger partial charge in [-0.15, -0.1) is 12.4 Å². The van der Waals surface area contributed by atoms with Crippen molar-refractivity contribution in [3.8, 4) is 11.5 Å². The highest BCUT2D eigenvalue weighted by molar-refractivity contribution is 5.96. The Bertz CT molecular complexity index is 571. The molecule has 21 heavy (non-hydrogen) atoms. The van der Waals surface area contributed by atoms with Crippen molar-refractivity contribution < 1.29 is 9.53 Å². The first kappa shape index (κ1) is 17.0. The number of hydrogen-bond donors (Lipinski definition) is 1. The van der Waals surface area contributed by atoms with Gasteiger partial charge in [0.1, 0.15) is 11.5 Å². The quantitative estimate of drug-likeness (QED) is 0.943. The van der Waals surface area contributed by atoms with Crippen LogP contribution in [0.25, 0.3) is 0 Å². The minimum atomic E-state index is -0.514. The van der Waals surface area contributed by atoms with Crippen LogP contribution in [0.4, 0.5) is 5.69 Å². The summed E-state index contributed by atoms with van der Waals surface area (Å²) in [5.41, 5.74) is 6.38. The van der Waals surface area contributed by atoms with E-state index in [0.717, 1.165) is 17.2 Å². The van der Waals surface area contributed by atoms with Gasteiger partial charge in [-0.1, -0.05) is 18.2 Å². The first-order valence-corrected chi connectivity index (χ1v) is 6.44. The van der Waals surface area contributed by atoms with Gasteiger partial charge in [0.2, 0.25) is 5.91 Å². The number of ether oxygens (including phenoxy) is 1. The zero-order chi connectivity index (χ0) is 14.5. The van der Waals surface area contributed by atoms with E-state index in [9.17, 15) is 4.79 Å². The monoisotopic (exact) mass is 306 g/mol. The fourth-order valence-corrected chi connectivity index (χ4v) is 1.80. The number of hydrogen-bond acceptors (Lipinski definition) is 3. The molecule has 112 valence electrons. The molecule has 5 heteroatoms. The molecule has 2 aromatic carbocycles. The fourth-order valence-electron chi connectivity index (χ4n) is 1.80. The summed E-state index contributed by atoms with van der Waals surface area (Å²) in [7, 11) is 1.71. The zero-order valence-corrected chi connectivity index (χ0v) is 12.8. The van der Waals surface area contributed by atoms with Crippen LogP contribution in [0.1, 0.15) is 6.92 Å². The van der Waals surface area contributed by atoms with Crippen molar-refractivity contribution >= 4 is 24.0 Å². The van der Waals surface area contributed by atoms with Crippen LogP contribution in [0.2, 0.25) is 0 Å². The van der Waals surface area contributed by atoms with E-state index in [0.29, 0.717) is 0 Å². The number of rotatable bonds is 4. The number of carbonyl (C=O) groups is 1. The molecule has 2 rings (SSSR count). The Kier molecular flexibility index (Phi) is 6.21. The van der Waals surface area contributed by atoms with Crippen LogP contribution in [0, 0.1) is 0 Å². The molecule has 2 aromatic rings. The lowest BCUT2D eigenvalue weighted by molar-refractivity contribution is -0.119. The van der Waals surface area contributed by atoms with Crippen molar-refractivity contribution in [3.05, 3.63) is 54.6 Å². The number of nitrogens with two attached hydrogens (primary N) is 1. The smallest absolute Gasteiger partial charge is 0.243 e. The van der Waals surface area contributed by atoms with Gasteiger partial charge in [0.05, 0.1) is 6.04 Å². The van der Waals surface area contributed by atoms with E-state index in [1.165, 1.54) is 4.90 Å². The average Bonchev–Trinajstić information content (AvgIpc) is 2.47. The van der Waals surface area contributed by atoms with E-state index < -0.39 is 6.04 Å². The minimum absolute atomic E-state index is 0. The number of halogens is 1. The second kappa shape index (κ2) is 7.67. The molecule has 0 radical (unpaired) electrons. The van der Waals surface area contributed by atoms with Gasteiger partial charge >= 0.3 is 0 Å². The van der Waals surface area contributed by atoms with Crippen molar-refractivity contribution in [2.75, 3.05) is 11.9 Å². The second-order valence-corrected chi connectivity index (χ2v) is 4.59. The molecule has 0 aliphatic carbocycles. The summed E-state index contributed by atoms with van der Waals surface area (Å²) in [5.74, 6) is 1.38. The molecular formula is C16H19ClN2O2. The number of benzene rings is 2. The SMILES string of the molecule is C[C@@H](N)C(=O)N(C)c1ccc(Oc2ccccc2)cc1.Cl. The van der Waals surface area contributed by atoms with Gasteiger partial charge in [-0.2, -0.15) is 0 Å². The van der Waals surface area contributed by atoms with Crippen LogP contribution < -0.4 is 15.4 Å². The summed E-state index contributed by atoms with van der Waals surface area (Å²) in [6.07, 6.45) is 0.